The summed E-state index contributed by atoms with van der Waals surface area (Å²) in [6.45, 7) is 6.18. The van der Waals surface area contributed by atoms with Gasteiger partial charge in [-0.25, -0.2) is 4.98 Å². The highest BCUT2D eigenvalue weighted by Crippen LogP contribution is 2.35. The number of nitrogens with one attached hydrogen (secondary N) is 1. The van der Waals surface area contributed by atoms with Crippen molar-refractivity contribution >= 4 is 17.5 Å². The van der Waals surface area contributed by atoms with Gasteiger partial charge < -0.3 is 10.4 Å². The van der Waals surface area contributed by atoms with E-state index in [0.29, 0.717) is 12.1 Å². The lowest BCUT2D eigenvalue weighted by molar-refractivity contribution is 0.00190. The van der Waals surface area contributed by atoms with Crippen LogP contribution in [-0.2, 0) is 0 Å². The average molecular weight is 311 g/mol. The number of amides is 1. The molecule has 4 nitrogen and oxygen atoms in total. The zero-order valence-corrected chi connectivity index (χ0v) is 13.6. The summed E-state index contributed by atoms with van der Waals surface area (Å²) in [7, 11) is 0. The highest BCUT2D eigenvalue weighted by Gasteiger charge is 2.35. The Morgan fingerprint density at radius 1 is 1.52 bits per heavy atom. The van der Waals surface area contributed by atoms with Gasteiger partial charge in [-0.05, 0) is 38.3 Å². The van der Waals surface area contributed by atoms with E-state index in [4.69, 9.17) is 11.6 Å². The molecule has 0 spiro atoms. The molecule has 0 radical (unpaired) electrons. The summed E-state index contributed by atoms with van der Waals surface area (Å²) in [5.74, 6) is -0.219. The first kappa shape index (κ1) is 16.2. The summed E-state index contributed by atoms with van der Waals surface area (Å²) < 4.78 is 0. The van der Waals surface area contributed by atoms with Crippen LogP contribution in [0.2, 0.25) is 5.15 Å². The smallest absolute Gasteiger partial charge is 0.254 e. The maximum Gasteiger partial charge on any atom is 0.254 e. The molecule has 2 atom stereocenters. The molecule has 1 amide bonds. The molecule has 116 valence electrons. The molecule has 1 aliphatic carbocycles. The summed E-state index contributed by atoms with van der Waals surface area (Å²) in [6, 6.07) is 1.85. The normalized spacial score (nSPS) is 25.7. The van der Waals surface area contributed by atoms with Crippen LogP contribution in [-0.4, -0.2) is 28.6 Å². The van der Waals surface area contributed by atoms with Gasteiger partial charge in [0, 0.05) is 17.7 Å². The SMILES string of the molecule is Cc1cc(C)c(C(=O)NCC2(C)CCCCC2O)c(Cl)n1. The number of carbonyl (C=O) groups excluding carboxylic acids is 1. The molecule has 21 heavy (non-hydrogen) atoms. The molecular weight excluding hydrogens is 288 g/mol. The molecule has 1 aromatic heterocycles. The summed E-state index contributed by atoms with van der Waals surface area (Å²) in [5.41, 5.74) is 1.78. The topological polar surface area (TPSA) is 62.2 Å². The van der Waals surface area contributed by atoms with E-state index < -0.39 is 0 Å². The largest absolute Gasteiger partial charge is 0.392 e. The van der Waals surface area contributed by atoms with Crippen molar-refractivity contribution in [3.05, 3.63) is 28.0 Å². The van der Waals surface area contributed by atoms with E-state index in [1.165, 1.54) is 0 Å². The van der Waals surface area contributed by atoms with E-state index in [0.717, 1.165) is 36.9 Å². The number of nitrogens with zero attached hydrogens (tertiary/aromatic N) is 1. The number of aryl methyl sites for hydroxylation is 2. The quantitative estimate of drug-likeness (QED) is 0.844. The van der Waals surface area contributed by atoms with Crippen LogP contribution in [0.3, 0.4) is 0 Å². The van der Waals surface area contributed by atoms with Crippen LogP contribution in [0.5, 0.6) is 0 Å². The van der Waals surface area contributed by atoms with E-state index in [9.17, 15) is 9.90 Å². The molecule has 0 aromatic carbocycles. The highest BCUT2D eigenvalue weighted by atomic mass is 35.5. The first-order valence-electron chi connectivity index (χ1n) is 7.43. The fourth-order valence-electron chi connectivity index (χ4n) is 3.02. The molecule has 2 unspecified atom stereocenters. The monoisotopic (exact) mass is 310 g/mol. The number of aliphatic hydroxyl groups is 1. The van der Waals surface area contributed by atoms with Gasteiger partial charge in [-0.15, -0.1) is 0 Å². The number of carbonyl (C=O) groups is 1. The Morgan fingerprint density at radius 2 is 2.24 bits per heavy atom. The Labute approximate surface area is 130 Å². The van der Waals surface area contributed by atoms with Crippen molar-refractivity contribution in [3.63, 3.8) is 0 Å². The maximum atomic E-state index is 12.4. The number of aromatic nitrogens is 1. The molecule has 0 bridgehead atoms. The first-order chi connectivity index (χ1) is 9.83. The number of halogens is 1. The van der Waals surface area contributed by atoms with Crippen LogP contribution < -0.4 is 5.32 Å². The van der Waals surface area contributed by atoms with Crippen molar-refractivity contribution in [1.29, 1.82) is 0 Å². The number of hydrogen-bond acceptors (Lipinski definition) is 3. The van der Waals surface area contributed by atoms with Gasteiger partial charge in [-0.3, -0.25) is 4.79 Å². The zero-order chi connectivity index (χ0) is 15.6. The minimum absolute atomic E-state index is 0.219. The van der Waals surface area contributed by atoms with Gasteiger partial charge in [0.2, 0.25) is 0 Å². The van der Waals surface area contributed by atoms with E-state index in [1.54, 1.807) is 0 Å². The molecule has 1 aliphatic rings. The van der Waals surface area contributed by atoms with Crippen LogP contribution >= 0.6 is 11.6 Å². The Bertz CT molecular complexity index is 524. The number of hydrogen-bond donors (Lipinski definition) is 2. The van der Waals surface area contributed by atoms with Crippen LogP contribution in [0.1, 0.15) is 54.2 Å². The van der Waals surface area contributed by atoms with Crippen molar-refractivity contribution in [3.8, 4) is 0 Å². The lowest BCUT2D eigenvalue weighted by Gasteiger charge is -2.38. The third-order valence-corrected chi connectivity index (χ3v) is 4.73. The van der Waals surface area contributed by atoms with Crippen LogP contribution in [0.4, 0.5) is 0 Å². The summed E-state index contributed by atoms with van der Waals surface area (Å²) in [4.78, 5) is 16.5. The van der Waals surface area contributed by atoms with Crippen molar-refractivity contribution < 1.29 is 9.90 Å². The molecule has 5 heteroatoms. The van der Waals surface area contributed by atoms with Crippen LogP contribution in [0.25, 0.3) is 0 Å². The Morgan fingerprint density at radius 3 is 2.86 bits per heavy atom. The molecule has 1 saturated carbocycles. The van der Waals surface area contributed by atoms with Crippen molar-refractivity contribution in [1.82, 2.24) is 10.3 Å². The molecule has 1 aromatic rings. The lowest BCUT2D eigenvalue weighted by atomic mass is 9.73. The third-order valence-electron chi connectivity index (χ3n) is 4.46. The molecular formula is C16H23ClN2O2. The predicted molar refractivity (Wildman–Crippen MR) is 83.6 cm³/mol. The molecule has 0 aliphatic heterocycles. The van der Waals surface area contributed by atoms with Crippen molar-refractivity contribution in [2.24, 2.45) is 5.41 Å². The van der Waals surface area contributed by atoms with E-state index in [-0.39, 0.29) is 22.6 Å². The molecule has 2 N–H and O–H groups in total. The molecule has 2 rings (SSSR count). The fraction of sp³-hybridized carbons (Fsp3) is 0.625. The van der Waals surface area contributed by atoms with E-state index in [2.05, 4.69) is 10.3 Å². The second kappa shape index (κ2) is 6.32. The van der Waals surface area contributed by atoms with Crippen molar-refractivity contribution in [2.45, 2.75) is 52.6 Å². The van der Waals surface area contributed by atoms with Gasteiger partial charge >= 0.3 is 0 Å². The van der Waals surface area contributed by atoms with Crippen molar-refractivity contribution in [2.75, 3.05) is 6.54 Å². The summed E-state index contributed by atoms with van der Waals surface area (Å²) >= 11 is 6.09. The average Bonchev–Trinajstić information content (AvgIpc) is 2.39. The van der Waals surface area contributed by atoms with Gasteiger partial charge in [-0.2, -0.15) is 0 Å². The predicted octanol–water partition coefficient (Wildman–Crippen LogP) is 3.02. The van der Waals surface area contributed by atoms with E-state index >= 15 is 0 Å². The lowest BCUT2D eigenvalue weighted by Crippen LogP contribution is -2.45. The summed E-state index contributed by atoms with van der Waals surface area (Å²) in [6.07, 6.45) is 3.51. The fourth-order valence-corrected chi connectivity index (χ4v) is 3.39. The zero-order valence-electron chi connectivity index (χ0n) is 12.9. The summed E-state index contributed by atoms with van der Waals surface area (Å²) in [5, 5.41) is 13.3. The Hall–Kier alpha value is -1.13. The van der Waals surface area contributed by atoms with Gasteiger partial charge in [-0.1, -0.05) is 31.4 Å². The second-order valence-corrected chi connectivity index (χ2v) is 6.70. The molecule has 1 fully saturated rings. The molecule has 1 heterocycles. The number of rotatable bonds is 3. The minimum Gasteiger partial charge on any atom is -0.392 e. The maximum absolute atomic E-state index is 12.4. The standard InChI is InChI=1S/C16H23ClN2O2/c1-10-8-11(2)19-14(17)13(10)15(21)18-9-16(3)7-5-4-6-12(16)20/h8,12,20H,4-7,9H2,1-3H3,(H,18,21). The third kappa shape index (κ3) is 3.55. The number of pyridine rings is 1. The second-order valence-electron chi connectivity index (χ2n) is 6.34. The Kier molecular flexibility index (Phi) is 4.89. The van der Waals surface area contributed by atoms with Gasteiger partial charge in [0.15, 0.2) is 0 Å². The van der Waals surface area contributed by atoms with Crippen LogP contribution in [0, 0.1) is 19.3 Å². The van der Waals surface area contributed by atoms with Crippen LogP contribution in [0.15, 0.2) is 6.07 Å². The highest BCUT2D eigenvalue weighted by molar-refractivity contribution is 6.32. The number of aliphatic hydroxyl groups excluding tert-OH is 1. The van der Waals surface area contributed by atoms with E-state index in [1.807, 2.05) is 26.8 Å². The molecule has 0 saturated heterocycles. The van der Waals surface area contributed by atoms with Gasteiger partial charge in [0.1, 0.15) is 5.15 Å². The first-order valence-corrected chi connectivity index (χ1v) is 7.81. The van der Waals surface area contributed by atoms with Gasteiger partial charge in [0.25, 0.3) is 5.91 Å². The minimum atomic E-state index is -0.362. The Balaban J connectivity index is 2.09. The van der Waals surface area contributed by atoms with Gasteiger partial charge in [0.05, 0.1) is 11.7 Å².